The normalized spacial score (nSPS) is 39.7. The van der Waals surface area contributed by atoms with Crippen molar-refractivity contribution in [3.63, 3.8) is 0 Å². The summed E-state index contributed by atoms with van der Waals surface area (Å²) in [6.45, 7) is 6.59. The van der Waals surface area contributed by atoms with Crippen LogP contribution in [0.4, 0.5) is 5.69 Å². The fraction of sp³-hybridized carbons (Fsp3) is 0.682. The monoisotopic (exact) mass is 370 g/mol. The molecule has 4 heterocycles. The van der Waals surface area contributed by atoms with Crippen LogP contribution in [0.2, 0.25) is 0 Å². The Labute approximate surface area is 161 Å². The van der Waals surface area contributed by atoms with Crippen LogP contribution < -0.4 is 4.90 Å². The molecule has 5 atom stereocenters. The Kier molecular flexibility index (Phi) is 3.86. The van der Waals surface area contributed by atoms with Gasteiger partial charge >= 0.3 is 5.97 Å². The van der Waals surface area contributed by atoms with E-state index in [9.17, 15) is 9.90 Å². The van der Waals surface area contributed by atoms with Gasteiger partial charge in [0.2, 0.25) is 5.72 Å². The number of ether oxygens (including phenoxy) is 1. The molecule has 0 aliphatic carbocycles. The first-order valence-electron chi connectivity index (χ1n) is 10.6. The summed E-state index contributed by atoms with van der Waals surface area (Å²) < 4.78 is 5.41. The molecule has 4 aliphatic heterocycles. The Hall–Kier alpha value is -1.59. The second-order valence-corrected chi connectivity index (χ2v) is 8.83. The summed E-state index contributed by atoms with van der Waals surface area (Å²) in [5.74, 6) is -0.0952. The van der Waals surface area contributed by atoms with E-state index < -0.39 is 11.7 Å². The van der Waals surface area contributed by atoms with Crippen LogP contribution >= 0.6 is 0 Å². The van der Waals surface area contributed by atoms with Gasteiger partial charge < -0.3 is 14.7 Å². The fourth-order valence-corrected chi connectivity index (χ4v) is 6.82. The van der Waals surface area contributed by atoms with E-state index in [4.69, 9.17) is 4.74 Å². The topological polar surface area (TPSA) is 53.0 Å². The maximum Gasteiger partial charge on any atom is 0.359 e. The first-order chi connectivity index (χ1) is 13.1. The third kappa shape index (κ3) is 2.16. The van der Waals surface area contributed by atoms with Crippen LogP contribution in [-0.4, -0.2) is 53.5 Å². The third-order valence-electron chi connectivity index (χ3n) is 7.80. The van der Waals surface area contributed by atoms with E-state index in [1.165, 1.54) is 5.56 Å². The van der Waals surface area contributed by atoms with Crippen LogP contribution in [-0.2, 0) is 9.53 Å². The third-order valence-corrected chi connectivity index (χ3v) is 7.80. The number of carbonyl (C=O) groups excluding carboxylic acids is 1. The number of piperidine rings is 3. The molecule has 4 aliphatic rings. The molecule has 5 nitrogen and oxygen atoms in total. The molecule has 3 fully saturated rings. The fourth-order valence-electron chi connectivity index (χ4n) is 6.82. The van der Waals surface area contributed by atoms with E-state index in [1.807, 2.05) is 13.0 Å². The summed E-state index contributed by atoms with van der Waals surface area (Å²) >= 11 is 0. The van der Waals surface area contributed by atoms with Gasteiger partial charge in [0.15, 0.2) is 0 Å². The molecular weight excluding hydrogens is 340 g/mol. The van der Waals surface area contributed by atoms with Gasteiger partial charge in [-0.15, -0.1) is 0 Å². The van der Waals surface area contributed by atoms with Crippen molar-refractivity contribution in [3.8, 4) is 0 Å². The molecule has 0 bridgehead atoms. The van der Waals surface area contributed by atoms with E-state index in [0.29, 0.717) is 25.0 Å². The smallest absolute Gasteiger partial charge is 0.359 e. The molecule has 3 saturated heterocycles. The summed E-state index contributed by atoms with van der Waals surface area (Å²) in [4.78, 5) is 17.8. The summed E-state index contributed by atoms with van der Waals surface area (Å²) in [5.41, 5.74) is 0.725. The van der Waals surface area contributed by atoms with Gasteiger partial charge in [0, 0.05) is 24.1 Å². The Balaban J connectivity index is 1.71. The molecule has 0 amide bonds. The quantitative estimate of drug-likeness (QED) is 0.829. The maximum absolute atomic E-state index is 13.1. The van der Waals surface area contributed by atoms with Crippen LogP contribution in [0.15, 0.2) is 24.3 Å². The molecule has 1 N–H and O–H groups in total. The predicted octanol–water partition coefficient (Wildman–Crippen LogP) is 2.88. The van der Waals surface area contributed by atoms with E-state index in [2.05, 4.69) is 34.9 Å². The second kappa shape index (κ2) is 5.95. The molecule has 5 unspecified atom stereocenters. The first kappa shape index (κ1) is 17.5. The molecule has 5 heteroatoms. The minimum Gasteiger partial charge on any atom is -0.462 e. The lowest BCUT2D eigenvalue weighted by atomic mass is 9.58. The zero-order valence-electron chi connectivity index (χ0n) is 16.4. The molecule has 0 saturated carbocycles. The van der Waals surface area contributed by atoms with E-state index >= 15 is 0 Å². The van der Waals surface area contributed by atoms with Crippen LogP contribution in [0.1, 0.15) is 57.4 Å². The number of anilines is 1. The summed E-state index contributed by atoms with van der Waals surface area (Å²) in [7, 11) is 0. The Morgan fingerprint density at radius 2 is 2.11 bits per heavy atom. The van der Waals surface area contributed by atoms with Crippen molar-refractivity contribution in [3.05, 3.63) is 29.8 Å². The zero-order chi connectivity index (χ0) is 18.8. The highest BCUT2D eigenvalue weighted by molar-refractivity contribution is 5.86. The summed E-state index contributed by atoms with van der Waals surface area (Å²) in [5, 5.41) is 11.9. The number of hydrogen-bond acceptors (Lipinski definition) is 5. The van der Waals surface area contributed by atoms with Crippen LogP contribution in [0.3, 0.4) is 0 Å². The van der Waals surface area contributed by atoms with Gasteiger partial charge in [-0.1, -0.05) is 25.1 Å². The molecule has 1 aromatic carbocycles. The number of para-hydroxylation sites is 1. The number of nitrogens with zero attached hydrogens (tertiary/aromatic N) is 2. The molecule has 1 aromatic rings. The van der Waals surface area contributed by atoms with Crippen molar-refractivity contribution in [1.82, 2.24) is 4.90 Å². The van der Waals surface area contributed by atoms with Gasteiger partial charge in [-0.2, -0.15) is 0 Å². The van der Waals surface area contributed by atoms with E-state index in [0.717, 1.165) is 44.5 Å². The second-order valence-electron chi connectivity index (χ2n) is 8.83. The number of rotatable bonds is 3. The van der Waals surface area contributed by atoms with Gasteiger partial charge in [0.05, 0.1) is 12.6 Å². The largest absolute Gasteiger partial charge is 0.462 e. The minimum absolute atomic E-state index is 0.0261. The number of fused-ring (bicyclic) bond motifs is 3. The average Bonchev–Trinajstić information content (AvgIpc) is 3.03. The molecule has 0 radical (unpaired) electrons. The van der Waals surface area contributed by atoms with Crippen molar-refractivity contribution >= 4 is 11.7 Å². The average molecular weight is 370 g/mol. The van der Waals surface area contributed by atoms with Crippen molar-refractivity contribution in [2.75, 3.05) is 24.6 Å². The summed E-state index contributed by atoms with van der Waals surface area (Å²) in [6.07, 6.45) is 4.78. The Morgan fingerprint density at radius 3 is 2.89 bits per heavy atom. The van der Waals surface area contributed by atoms with Crippen molar-refractivity contribution in [2.24, 2.45) is 5.41 Å². The van der Waals surface area contributed by atoms with Gasteiger partial charge in [0.25, 0.3) is 0 Å². The maximum atomic E-state index is 13.1. The SMILES string of the molecule is CCOC(=O)C1(O)CC2(CC)CCCN3CCC4c5ccccc5N1C4C32. The highest BCUT2D eigenvalue weighted by Gasteiger charge is 2.67. The number of hydrogen-bond donors (Lipinski definition) is 1. The molecule has 0 spiro atoms. The Bertz CT molecular complexity index is 768. The number of aliphatic hydroxyl groups is 1. The highest BCUT2D eigenvalue weighted by atomic mass is 16.6. The molecule has 27 heavy (non-hydrogen) atoms. The standard InChI is InChI=1S/C22H30N2O3/c1-3-21-11-7-12-23-13-10-16-15-8-5-6-9-17(15)24(18(16)19(21)23)22(26,14-21)20(25)27-4-2/h5-6,8-9,16,18-19,26H,3-4,7,10-14H2,1-2H3. The van der Waals surface area contributed by atoms with Crippen LogP contribution in [0.5, 0.6) is 0 Å². The van der Waals surface area contributed by atoms with E-state index in [1.54, 1.807) is 0 Å². The van der Waals surface area contributed by atoms with Gasteiger partial charge in [-0.3, -0.25) is 4.90 Å². The zero-order valence-corrected chi connectivity index (χ0v) is 16.4. The molecular formula is C22H30N2O3. The molecule has 5 rings (SSSR count). The molecule has 146 valence electrons. The minimum atomic E-state index is -1.57. The number of esters is 1. The van der Waals surface area contributed by atoms with Gasteiger partial charge in [0.1, 0.15) is 0 Å². The van der Waals surface area contributed by atoms with E-state index in [-0.39, 0.29) is 11.5 Å². The lowest BCUT2D eigenvalue weighted by Gasteiger charge is -2.64. The highest BCUT2D eigenvalue weighted by Crippen LogP contribution is 2.61. The predicted molar refractivity (Wildman–Crippen MR) is 104 cm³/mol. The molecule has 0 aromatic heterocycles. The van der Waals surface area contributed by atoms with Crippen LogP contribution in [0.25, 0.3) is 0 Å². The van der Waals surface area contributed by atoms with Gasteiger partial charge in [-0.05, 0) is 62.7 Å². The van der Waals surface area contributed by atoms with Crippen molar-refractivity contribution in [2.45, 2.75) is 69.7 Å². The van der Waals surface area contributed by atoms with Crippen molar-refractivity contribution in [1.29, 1.82) is 0 Å². The lowest BCUT2D eigenvalue weighted by Crippen LogP contribution is -2.76. The van der Waals surface area contributed by atoms with Crippen molar-refractivity contribution < 1.29 is 14.6 Å². The van der Waals surface area contributed by atoms with Crippen LogP contribution in [0, 0.1) is 5.41 Å². The Morgan fingerprint density at radius 1 is 1.30 bits per heavy atom. The summed E-state index contributed by atoms with van der Waals surface area (Å²) in [6, 6.07) is 8.92. The first-order valence-corrected chi connectivity index (χ1v) is 10.6. The van der Waals surface area contributed by atoms with Gasteiger partial charge in [-0.25, -0.2) is 4.79 Å². The number of benzene rings is 1. The lowest BCUT2D eigenvalue weighted by molar-refractivity contribution is -0.185. The number of carbonyl (C=O) groups is 1.